The zero-order chi connectivity index (χ0) is 19.8. The van der Waals surface area contributed by atoms with Gasteiger partial charge in [0.2, 0.25) is 0 Å². The van der Waals surface area contributed by atoms with Gasteiger partial charge < -0.3 is 14.8 Å². The van der Waals surface area contributed by atoms with Crippen LogP contribution in [0.25, 0.3) is 5.69 Å². The number of hydrogen-bond donors (Lipinski definition) is 1. The molecule has 0 amide bonds. The Morgan fingerprint density at radius 2 is 1.82 bits per heavy atom. The highest BCUT2D eigenvalue weighted by Crippen LogP contribution is 2.41. The van der Waals surface area contributed by atoms with Gasteiger partial charge in [-0.05, 0) is 75.3 Å². The first-order valence-corrected chi connectivity index (χ1v) is 10.2. The number of rotatable bonds is 4. The van der Waals surface area contributed by atoms with Crippen molar-refractivity contribution in [2.45, 2.75) is 39.8 Å². The summed E-state index contributed by atoms with van der Waals surface area (Å²) >= 11 is 5.67. The number of aromatic nitrogens is 2. The van der Waals surface area contributed by atoms with E-state index in [-0.39, 0.29) is 12.1 Å². The Morgan fingerprint density at radius 1 is 1.07 bits per heavy atom. The van der Waals surface area contributed by atoms with E-state index in [0.717, 1.165) is 17.4 Å². The van der Waals surface area contributed by atoms with Gasteiger partial charge in [-0.2, -0.15) is 0 Å². The van der Waals surface area contributed by atoms with Gasteiger partial charge in [-0.25, -0.2) is 0 Å². The molecule has 2 aromatic heterocycles. The lowest BCUT2D eigenvalue weighted by Crippen LogP contribution is -2.29. The molecular formula is C23H26N4S. The third-order valence-corrected chi connectivity index (χ3v) is 6.04. The number of aryl methyl sites for hydroxylation is 2. The molecule has 28 heavy (non-hydrogen) atoms. The average Bonchev–Trinajstić information content (AvgIpc) is 3.18. The van der Waals surface area contributed by atoms with Crippen molar-refractivity contribution in [1.29, 1.82) is 0 Å². The number of para-hydroxylation sites is 1. The van der Waals surface area contributed by atoms with E-state index in [9.17, 15) is 0 Å². The standard InChI is InChI=1S/C23H26N4S/c1-5-26-22(21(25-23(26)28)19-11-8-9-13-24-19)18-14-16(3)27(17(18)4)20-12-7-6-10-15(20)2/h6-14,21-22H,5H2,1-4H3,(H,25,28)/t21-,22-/m1/s1. The molecule has 4 nitrogen and oxygen atoms in total. The summed E-state index contributed by atoms with van der Waals surface area (Å²) in [5.74, 6) is 0. The number of likely N-dealkylation sites (N-methyl/N-ethyl adjacent to an activating group) is 1. The third-order valence-electron chi connectivity index (χ3n) is 5.68. The first-order valence-electron chi connectivity index (χ1n) is 9.75. The van der Waals surface area contributed by atoms with Crippen LogP contribution in [0.15, 0.2) is 54.7 Å². The lowest BCUT2D eigenvalue weighted by molar-refractivity contribution is 0.329. The molecule has 0 unspecified atom stereocenters. The molecule has 1 aromatic carbocycles. The van der Waals surface area contributed by atoms with E-state index >= 15 is 0 Å². The molecule has 3 heterocycles. The van der Waals surface area contributed by atoms with Crippen molar-refractivity contribution < 1.29 is 0 Å². The molecule has 0 aliphatic carbocycles. The zero-order valence-electron chi connectivity index (χ0n) is 16.8. The molecule has 3 aromatic rings. The Balaban J connectivity index is 1.85. The fraction of sp³-hybridized carbons (Fsp3) is 0.304. The minimum atomic E-state index is 0.0412. The normalized spacial score (nSPS) is 19.1. The van der Waals surface area contributed by atoms with Gasteiger partial charge in [0, 0.05) is 29.8 Å². The molecular weight excluding hydrogens is 364 g/mol. The second-order valence-electron chi connectivity index (χ2n) is 7.36. The van der Waals surface area contributed by atoms with Gasteiger partial charge >= 0.3 is 0 Å². The maximum absolute atomic E-state index is 5.67. The number of thiocarbonyl (C=S) groups is 1. The van der Waals surface area contributed by atoms with Crippen LogP contribution in [0.3, 0.4) is 0 Å². The van der Waals surface area contributed by atoms with Gasteiger partial charge in [0.15, 0.2) is 5.11 Å². The molecule has 5 heteroatoms. The van der Waals surface area contributed by atoms with Gasteiger partial charge in [-0.1, -0.05) is 24.3 Å². The molecule has 144 valence electrons. The molecule has 1 saturated heterocycles. The lowest BCUT2D eigenvalue weighted by atomic mass is 9.97. The molecule has 1 fully saturated rings. The van der Waals surface area contributed by atoms with E-state index in [2.05, 4.69) is 83.9 Å². The van der Waals surface area contributed by atoms with Crippen molar-refractivity contribution >= 4 is 17.3 Å². The number of pyridine rings is 1. The average molecular weight is 391 g/mol. The minimum Gasteiger partial charge on any atom is -0.352 e. The van der Waals surface area contributed by atoms with E-state index in [0.29, 0.717) is 0 Å². The summed E-state index contributed by atoms with van der Waals surface area (Å²) in [6, 6.07) is 17.1. The van der Waals surface area contributed by atoms with Crippen LogP contribution in [0.2, 0.25) is 0 Å². The van der Waals surface area contributed by atoms with Gasteiger partial charge in [0.1, 0.15) is 0 Å². The maximum atomic E-state index is 5.67. The number of nitrogens with zero attached hydrogens (tertiary/aromatic N) is 3. The smallest absolute Gasteiger partial charge is 0.170 e. The van der Waals surface area contributed by atoms with E-state index in [1.54, 1.807) is 0 Å². The van der Waals surface area contributed by atoms with Crippen LogP contribution >= 0.6 is 12.2 Å². The van der Waals surface area contributed by atoms with Crippen molar-refractivity contribution in [3.63, 3.8) is 0 Å². The van der Waals surface area contributed by atoms with Gasteiger partial charge in [-0.3, -0.25) is 4.98 Å². The van der Waals surface area contributed by atoms with Crippen LogP contribution < -0.4 is 5.32 Å². The molecule has 1 aliphatic rings. The zero-order valence-corrected chi connectivity index (χ0v) is 17.6. The molecule has 4 rings (SSSR count). The van der Waals surface area contributed by atoms with Crippen molar-refractivity contribution in [2.75, 3.05) is 6.54 Å². The van der Waals surface area contributed by atoms with Crippen LogP contribution in [-0.2, 0) is 0 Å². The second kappa shape index (κ2) is 7.40. The third kappa shape index (κ3) is 3.00. The quantitative estimate of drug-likeness (QED) is 0.650. The second-order valence-corrected chi connectivity index (χ2v) is 7.75. The Kier molecular flexibility index (Phi) is 4.94. The summed E-state index contributed by atoms with van der Waals surface area (Å²) in [5, 5.41) is 4.31. The summed E-state index contributed by atoms with van der Waals surface area (Å²) in [4.78, 5) is 6.89. The number of nitrogens with one attached hydrogen (secondary N) is 1. The van der Waals surface area contributed by atoms with Crippen LogP contribution in [0.4, 0.5) is 0 Å². The first-order chi connectivity index (χ1) is 13.5. The molecule has 2 atom stereocenters. The highest BCUT2D eigenvalue weighted by Gasteiger charge is 2.40. The first kappa shape index (κ1) is 18.7. The van der Waals surface area contributed by atoms with Crippen molar-refractivity contribution in [2.24, 2.45) is 0 Å². The minimum absolute atomic E-state index is 0.0412. The number of benzene rings is 1. The van der Waals surface area contributed by atoms with Crippen molar-refractivity contribution in [1.82, 2.24) is 19.8 Å². The highest BCUT2D eigenvalue weighted by atomic mass is 32.1. The Morgan fingerprint density at radius 3 is 2.50 bits per heavy atom. The van der Waals surface area contributed by atoms with E-state index in [4.69, 9.17) is 12.2 Å². The molecule has 1 N–H and O–H groups in total. The van der Waals surface area contributed by atoms with Crippen LogP contribution in [0, 0.1) is 20.8 Å². The van der Waals surface area contributed by atoms with Crippen molar-refractivity contribution in [3.8, 4) is 5.69 Å². The van der Waals surface area contributed by atoms with Crippen molar-refractivity contribution in [3.05, 3.63) is 82.9 Å². The molecule has 0 radical (unpaired) electrons. The monoisotopic (exact) mass is 390 g/mol. The molecule has 0 spiro atoms. The Bertz CT molecular complexity index is 1010. The topological polar surface area (TPSA) is 33.1 Å². The summed E-state index contributed by atoms with van der Waals surface area (Å²) in [5.41, 5.74) is 7.30. The van der Waals surface area contributed by atoms with Gasteiger partial charge in [0.25, 0.3) is 0 Å². The predicted octanol–water partition coefficient (Wildman–Crippen LogP) is 4.79. The maximum Gasteiger partial charge on any atom is 0.170 e. The van der Waals surface area contributed by atoms with E-state index < -0.39 is 0 Å². The largest absolute Gasteiger partial charge is 0.352 e. The molecule has 0 bridgehead atoms. The highest BCUT2D eigenvalue weighted by molar-refractivity contribution is 7.80. The summed E-state index contributed by atoms with van der Waals surface area (Å²) in [6.07, 6.45) is 1.85. The Hall–Kier alpha value is -2.66. The SMILES string of the molecule is CCN1C(=S)N[C@H](c2ccccn2)[C@H]1c1cc(C)n(-c2ccccc2C)c1C. The van der Waals surface area contributed by atoms with E-state index in [1.807, 2.05) is 18.3 Å². The van der Waals surface area contributed by atoms with E-state index in [1.165, 1.54) is 28.2 Å². The molecule has 0 saturated carbocycles. The van der Waals surface area contributed by atoms with Gasteiger partial charge in [-0.15, -0.1) is 0 Å². The van der Waals surface area contributed by atoms with Crippen LogP contribution in [0.5, 0.6) is 0 Å². The fourth-order valence-electron chi connectivity index (χ4n) is 4.36. The lowest BCUT2D eigenvalue weighted by Gasteiger charge is -2.27. The Labute approximate surface area is 172 Å². The summed E-state index contributed by atoms with van der Waals surface area (Å²) in [7, 11) is 0. The fourth-order valence-corrected chi connectivity index (χ4v) is 4.73. The van der Waals surface area contributed by atoms with Crippen LogP contribution in [0.1, 0.15) is 47.2 Å². The van der Waals surface area contributed by atoms with Gasteiger partial charge in [0.05, 0.1) is 17.8 Å². The number of hydrogen-bond acceptors (Lipinski definition) is 2. The van der Waals surface area contributed by atoms with Crippen LogP contribution in [-0.4, -0.2) is 26.1 Å². The molecule has 1 aliphatic heterocycles. The summed E-state index contributed by atoms with van der Waals surface area (Å²) in [6.45, 7) is 9.56. The summed E-state index contributed by atoms with van der Waals surface area (Å²) < 4.78 is 2.36. The predicted molar refractivity (Wildman–Crippen MR) is 118 cm³/mol.